The highest BCUT2D eigenvalue weighted by Crippen LogP contribution is 2.22. The lowest BCUT2D eigenvalue weighted by molar-refractivity contribution is 0.0782. The lowest BCUT2D eigenvalue weighted by Crippen LogP contribution is -2.32. The second-order valence-corrected chi connectivity index (χ2v) is 3.73. The summed E-state index contributed by atoms with van der Waals surface area (Å²) in [5.41, 5.74) is 0.906. The zero-order valence-corrected chi connectivity index (χ0v) is 7.15. The minimum absolute atomic E-state index is 0.174. The minimum atomic E-state index is 0.174. The molecule has 0 radical (unpaired) electrons. The summed E-state index contributed by atoms with van der Waals surface area (Å²) in [7, 11) is 1.85. The van der Waals surface area contributed by atoms with Crippen LogP contribution in [-0.2, 0) is 6.42 Å². The maximum atomic E-state index is 11.4. The van der Waals surface area contributed by atoms with E-state index in [1.165, 1.54) is 4.88 Å². The van der Waals surface area contributed by atoms with Gasteiger partial charge in [0.25, 0.3) is 5.91 Å². The van der Waals surface area contributed by atoms with Crippen LogP contribution < -0.4 is 0 Å². The van der Waals surface area contributed by atoms with Crippen LogP contribution in [-0.4, -0.2) is 24.4 Å². The second kappa shape index (κ2) is 2.34. The van der Waals surface area contributed by atoms with E-state index in [4.69, 9.17) is 0 Å². The van der Waals surface area contributed by atoms with Crippen LogP contribution in [0.1, 0.15) is 15.2 Å². The van der Waals surface area contributed by atoms with Crippen LogP contribution in [0, 0.1) is 0 Å². The number of amides is 1. The third kappa shape index (κ3) is 0.959. The Morgan fingerprint density at radius 3 is 3.27 bits per heavy atom. The molecule has 0 unspecified atom stereocenters. The molecule has 2 rings (SSSR count). The van der Waals surface area contributed by atoms with E-state index in [2.05, 4.69) is 0 Å². The molecule has 0 atom stereocenters. The molecule has 0 aromatic carbocycles. The predicted molar refractivity (Wildman–Crippen MR) is 45.0 cm³/mol. The first-order valence-corrected chi connectivity index (χ1v) is 4.49. The Balaban J connectivity index is 2.46. The highest BCUT2D eigenvalue weighted by molar-refractivity contribution is 7.10. The van der Waals surface area contributed by atoms with Gasteiger partial charge in [0.15, 0.2) is 0 Å². The van der Waals surface area contributed by atoms with Gasteiger partial charge in [0.05, 0.1) is 5.56 Å². The molecule has 0 bridgehead atoms. The number of carbonyl (C=O) groups is 1. The molecule has 1 amide bonds. The summed E-state index contributed by atoms with van der Waals surface area (Å²) in [6, 6.07) is 1.91. The number of nitrogens with zero attached hydrogens (tertiary/aromatic N) is 1. The minimum Gasteiger partial charge on any atom is -0.341 e. The van der Waals surface area contributed by atoms with Gasteiger partial charge in [-0.1, -0.05) is 0 Å². The molecular weight excluding hydrogens is 158 g/mol. The van der Waals surface area contributed by atoms with Gasteiger partial charge in [0.2, 0.25) is 0 Å². The molecule has 1 aliphatic rings. The average molecular weight is 167 g/mol. The van der Waals surface area contributed by atoms with Crippen LogP contribution in [0.4, 0.5) is 0 Å². The summed E-state index contributed by atoms with van der Waals surface area (Å²) in [5.74, 6) is 0.174. The van der Waals surface area contributed by atoms with Crippen LogP contribution in [0.15, 0.2) is 11.4 Å². The first kappa shape index (κ1) is 6.85. The highest BCUT2D eigenvalue weighted by atomic mass is 32.1. The van der Waals surface area contributed by atoms with Crippen molar-refractivity contribution in [2.24, 2.45) is 0 Å². The van der Waals surface area contributed by atoms with Gasteiger partial charge in [-0.25, -0.2) is 0 Å². The standard InChI is InChI=1S/C8H9NOS/c1-9-4-2-7-6(8(9)10)3-5-11-7/h3,5H,2,4H2,1H3. The molecule has 2 nitrogen and oxygen atoms in total. The first-order valence-electron chi connectivity index (χ1n) is 3.61. The third-order valence-electron chi connectivity index (χ3n) is 2.00. The Bertz CT molecular complexity index is 292. The van der Waals surface area contributed by atoms with Gasteiger partial charge in [-0.3, -0.25) is 4.79 Å². The van der Waals surface area contributed by atoms with Crippen LogP contribution in [0.2, 0.25) is 0 Å². The summed E-state index contributed by atoms with van der Waals surface area (Å²) in [6.45, 7) is 0.867. The Labute approximate surface area is 69.4 Å². The molecule has 0 aliphatic carbocycles. The second-order valence-electron chi connectivity index (χ2n) is 2.73. The van der Waals surface area contributed by atoms with Crippen molar-refractivity contribution in [1.82, 2.24) is 4.90 Å². The zero-order chi connectivity index (χ0) is 7.84. The lowest BCUT2D eigenvalue weighted by Gasteiger charge is -2.21. The van der Waals surface area contributed by atoms with Gasteiger partial charge >= 0.3 is 0 Å². The van der Waals surface area contributed by atoms with E-state index in [1.54, 1.807) is 16.2 Å². The molecule has 0 fully saturated rings. The number of hydrogen-bond donors (Lipinski definition) is 0. The lowest BCUT2D eigenvalue weighted by atomic mass is 10.1. The van der Waals surface area contributed by atoms with E-state index in [0.717, 1.165) is 18.5 Å². The first-order chi connectivity index (χ1) is 5.29. The van der Waals surface area contributed by atoms with Crippen molar-refractivity contribution < 1.29 is 4.79 Å². The quantitative estimate of drug-likeness (QED) is 0.571. The number of thiophene rings is 1. The maximum Gasteiger partial charge on any atom is 0.254 e. The smallest absolute Gasteiger partial charge is 0.254 e. The predicted octanol–water partition coefficient (Wildman–Crippen LogP) is 1.38. The number of carbonyl (C=O) groups excluding carboxylic acids is 1. The topological polar surface area (TPSA) is 20.3 Å². The summed E-state index contributed by atoms with van der Waals surface area (Å²) in [6.07, 6.45) is 1.02. The molecule has 1 aromatic heterocycles. The molecule has 0 spiro atoms. The fraction of sp³-hybridized carbons (Fsp3) is 0.375. The van der Waals surface area contributed by atoms with Crippen LogP contribution in [0.3, 0.4) is 0 Å². The Kier molecular flexibility index (Phi) is 1.46. The fourth-order valence-electron chi connectivity index (χ4n) is 1.30. The summed E-state index contributed by atoms with van der Waals surface area (Å²) >= 11 is 1.68. The normalized spacial score (nSPS) is 16.8. The van der Waals surface area contributed by atoms with Crippen LogP contribution >= 0.6 is 11.3 Å². The molecule has 3 heteroatoms. The van der Waals surface area contributed by atoms with Crippen LogP contribution in [0.25, 0.3) is 0 Å². The van der Waals surface area contributed by atoms with Crippen molar-refractivity contribution >= 4 is 17.2 Å². The largest absolute Gasteiger partial charge is 0.341 e. The van der Waals surface area contributed by atoms with Crippen molar-refractivity contribution in [3.8, 4) is 0 Å². The van der Waals surface area contributed by atoms with E-state index >= 15 is 0 Å². The Morgan fingerprint density at radius 1 is 1.64 bits per heavy atom. The molecule has 2 heterocycles. The fourth-order valence-corrected chi connectivity index (χ4v) is 2.16. The number of fused-ring (bicyclic) bond motifs is 1. The van der Waals surface area contributed by atoms with Crippen molar-refractivity contribution in [2.75, 3.05) is 13.6 Å². The zero-order valence-electron chi connectivity index (χ0n) is 6.33. The molecule has 58 valence electrons. The van der Waals surface area contributed by atoms with Crippen molar-refractivity contribution in [3.05, 3.63) is 21.9 Å². The van der Waals surface area contributed by atoms with Gasteiger partial charge in [0.1, 0.15) is 0 Å². The summed E-state index contributed by atoms with van der Waals surface area (Å²) in [4.78, 5) is 14.4. The van der Waals surface area contributed by atoms with Gasteiger partial charge < -0.3 is 4.90 Å². The molecule has 1 aliphatic heterocycles. The van der Waals surface area contributed by atoms with Crippen molar-refractivity contribution in [2.45, 2.75) is 6.42 Å². The molecule has 0 N–H and O–H groups in total. The van der Waals surface area contributed by atoms with Gasteiger partial charge in [-0.05, 0) is 11.4 Å². The van der Waals surface area contributed by atoms with E-state index < -0.39 is 0 Å². The maximum absolute atomic E-state index is 11.4. The average Bonchev–Trinajstić information content (AvgIpc) is 2.45. The molecule has 0 saturated carbocycles. The van der Waals surface area contributed by atoms with Crippen molar-refractivity contribution in [3.63, 3.8) is 0 Å². The molecule has 0 saturated heterocycles. The van der Waals surface area contributed by atoms with E-state index in [0.29, 0.717) is 0 Å². The number of likely N-dealkylation sites (N-methyl/N-ethyl adjacent to an activating group) is 1. The van der Waals surface area contributed by atoms with Crippen molar-refractivity contribution in [1.29, 1.82) is 0 Å². The monoisotopic (exact) mass is 167 g/mol. The van der Waals surface area contributed by atoms with Crippen LogP contribution in [0.5, 0.6) is 0 Å². The Morgan fingerprint density at radius 2 is 2.45 bits per heavy atom. The molecule has 11 heavy (non-hydrogen) atoms. The third-order valence-corrected chi connectivity index (χ3v) is 2.98. The van der Waals surface area contributed by atoms with E-state index in [9.17, 15) is 4.79 Å². The molecule has 1 aromatic rings. The van der Waals surface area contributed by atoms with Gasteiger partial charge in [0, 0.05) is 24.9 Å². The summed E-state index contributed by atoms with van der Waals surface area (Å²) < 4.78 is 0. The summed E-state index contributed by atoms with van der Waals surface area (Å²) in [5, 5.41) is 1.99. The van der Waals surface area contributed by atoms with E-state index in [1.807, 2.05) is 18.5 Å². The Hall–Kier alpha value is -0.830. The van der Waals surface area contributed by atoms with Gasteiger partial charge in [-0.2, -0.15) is 0 Å². The molecular formula is C8H9NOS. The number of hydrogen-bond acceptors (Lipinski definition) is 2. The SMILES string of the molecule is CN1CCc2sccc2C1=O. The van der Waals surface area contributed by atoms with Gasteiger partial charge in [-0.15, -0.1) is 11.3 Å². The number of rotatable bonds is 0. The van der Waals surface area contributed by atoms with E-state index in [-0.39, 0.29) is 5.91 Å². The highest BCUT2D eigenvalue weighted by Gasteiger charge is 2.21.